The molecule has 0 amide bonds. The molecule has 0 aliphatic rings. The Bertz CT molecular complexity index is 1190. The van der Waals surface area contributed by atoms with E-state index in [0.717, 1.165) is 17.4 Å². The molecule has 0 radical (unpaired) electrons. The van der Waals surface area contributed by atoms with E-state index in [1.54, 1.807) is 24.3 Å². The summed E-state index contributed by atoms with van der Waals surface area (Å²) in [5, 5.41) is 11.4. The van der Waals surface area contributed by atoms with E-state index in [9.17, 15) is 22.7 Å². The molecular formula is C21H13F4NOS. The minimum atomic E-state index is -4.56. The van der Waals surface area contributed by atoms with E-state index >= 15 is 0 Å². The quantitative estimate of drug-likeness (QED) is 0.367. The fourth-order valence-electron chi connectivity index (χ4n) is 3.31. The molecule has 142 valence electrons. The van der Waals surface area contributed by atoms with Gasteiger partial charge in [0.25, 0.3) is 0 Å². The molecule has 0 aliphatic heterocycles. The Kier molecular flexibility index (Phi) is 4.27. The van der Waals surface area contributed by atoms with Crippen molar-refractivity contribution in [3.8, 4) is 27.3 Å². The van der Waals surface area contributed by atoms with Gasteiger partial charge in [0.1, 0.15) is 11.6 Å². The maximum absolute atomic E-state index is 13.6. The lowest BCUT2D eigenvalue weighted by Crippen LogP contribution is -2.06. The highest BCUT2D eigenvalue weighted by Gasteiger charge is 2.34. The molecule has 2 nitrogen and oxygen atoms in total. The smallest absolute Gasteiger partial charge is 0.417 e. The topological polar surface area (TPSA) is 46.2 Å². The standard InChI is InChI=1S/C21H13F4NOS/c22-13-7-1-6-12(10-13)17-18(27)19(28-20(17)26)14-8-2-4-11-5-3-9-15(16(11)14)21(23,24)25/h1-10,27H,26H2. The van der Waals surface area contributed by atoms with Crippen LogP contribution in [0.15, 0.2) is 60.7 Å². The van der Waals surface area contributed by atoms with Gasteiger partial charge in [-0.25, -0.2) is 4.39 Å². The Morgan fingerprint density at radius 3 is 2.29 bits per heavy atom. The number of aromatic hydroxyl groups is 1. The summed E-state index contributed by atoms with van der Waals surface area (Å²) in [6.07, 6.45) is -4.56. The summed E-state index contributed by atoms with van der Waals surface area (Å²) in [7, 11) is 0. The van der Waals surface area contributed by atoms with Crippen LogP contribution in [0.4, 0.5) is 22.6 Å². The third kappa shape index (κ3) is 2.97. The SMILES string of the molecule is Nc1sc(-c2cccc3cccc(C(F)(F)F)c23)c(O)c1-c1cccc(F)c1. The molecular weight excluding hydrogens is 390 g/mol. The van der Waals surface area contributed by atoms with Gasteiger partial charge in [-0.2, -0.15) is 13.2 Å². The van der Waals surface area contributed by atoms with Crippen molar-refractivity contribution in [1.29, 1.82) is 0 Å². The normalized spacial score (nSPS) is 11.9. The molecule has 0 spiro atoms. The Hall–Kier alpha value is -3.06. The van der Waals surface area contributed by atoms with Gasteiger partial charge in [-0.3, -0.25) is 0 Å². The number of halogens is 4. The summed E-state index contributed by atoms with van der Waals surface area (Å²) in [5.41, 5.74) is 6.04. The molecule has 0 atom stereocenters. The van der Waals surface area contributed by atoms with Crippen molar-refractivity contribution in [3.63, 3.8) is 0 Å². The summed E-state index contributed by atoms with van der Waals surface area (Å²) in [4.78, 5) is 0.207. The van der Waals surface area contributed by atoms with Gasteiger partial charge in [0.2, 0.25) is 0 Å². The summed E-state index contributed by atoms with van der Waals surface area (Å²) in [6.45, 7) is 0. The molecule has 7 heteroatoms. The Balaban J connectivity index is 2.02. The molecule has 4 aromatic rings. The first kappa shape index (κ1) is 18.3. The number of anilines is 1. The van der Waals surface area contributed by atoms with E-state index < -0.39 is 17.6 Å². The summed E-state index contributed by atoms with van der Waals surface area (Å²) in [5.74, 6) is -0.772. The number of thiophene rings is 1. The predicted molar refractivity (Wildman–Crippen MR) is 104 cm³/mol. The van der Waals surface area contributed by atoms with Crippen molar-refractivity contribution < 1.29 is 22.7 Å². The van der Waals surface area contributed by atoms with Crippen molar-refractivity contribution in [3.05, 3.63) is 72.0 Å². The number of hydrogen-bond donors (Lipinski definition) is 2. The largest absolute Gasteiger partial charge is 0.506 e. The van der Waals surface area contributed by atoms with Crippen molar-refractivity contribution in [2.24, 2.45) is 0 Å². The van der Waals surface area contributed by atoms with Crippen LogP contribution in [0, 0.1) is 5.82 Å². The molecule has 1 heterocycles. The number of alkyl halides is 3. The molecule has 0 bridgehead atoms. The van der Waals surface area contributed by atoms with E-state index in [4.69, 9.17) is 5.73 Å². The molecule has 3 aromatic carbocycles. The molecule has 0 fully saturated rings. The molecule has 0 saturated heterocycles. The van der Waals surface area contributed by atoms with E-state index in [2.05, 4.69) is 0 Å². The number of rotatable bonds is 2. The van der Waals surface area contributed by atoms with Crippen LogP contribution < -0.4 is 5.73 Å². The maximum atomic E-state index is 13.6. The fraction of sp³-hybridized carbons (Fsp3) is 0.0476. The Morgan fingerprint density at radius 2 is 1.61 bits per heavy atom. The molecule has 4 rings (SSSR count). The third-order valence-corrected chi connectivity index (χ3v) is 5.52. The van der Waals surface area contributed by atoms with Gasteiger partial charge in [0, 0.05) is 10.9 Å². The average molecular weight is 403 g/mol. The van der Waals surface area contributed by atoms with Crippen molar-refractivity contribution in [2.45, 2.75) is 6.18 Å². The Morgan fingerprint density at radius 1 is 0.929 bits per heavy atom. The van der Waals surface area contributed by atoms with E-state index in [-0.39, 0.29) is 32.1 Å². The van der Waals surface area contributed by atoms with Gasteiger partial charge < -0.3 is 10.8 Å². The van der Waals surface area contributed by atoms with Gasteiger partial charge in [-0.05, 0) is 29.1 Å². The lowest BCUT2D eigenvalue weighted by molar-refractivity contribution is -0.136. The van der Waals surface area contributed by atoms with Crippen molar-refractivity contribution in [2.75, 3.05) is 5.73 Å². The maximum Gasteiger partial charge on any atom is 0.417 e. The second-order valence-corrected chi connectivity index (χ2v) is 7.29. The van der Waals surface area contributed by atoms with E-state index in [1.165, 1.54) is 30.3 Å². The summed E-state index contributed by atoms with van der Waals surface area (Å²) < 4.78 is 54.3. The predicted octanol–water partition coefficient (Wildman–Crippen LogP) is 6.68. The highest BCUT2D eigenvalue weighted by Crippen LogP contribution is 2.51. The first-order valence-electron chi connectivity index (χ1n) is 8.24. The highest BCUT2D eigenvalue weighted by molar-refractivity contribution is 7.20. The van der Waals surface area contributed by atoms with Crippen LogP contribution in [0.5, 0.6) is 5.75 Å². The minimum Gasteiger partial charge on any atom is -0.506 e. The minimum absolute atomic E-state index is 0.0140. The average Bonchev–Trinajstić information content (AvgIpc) is 2.94. The molecule has 0 unspecified atom stereocenters. The van der Waals surface area contributed by atoms with Crippen molar-refractivity contribution >= 4 is 27.1 Å². The number of benzene rings is 3. The number of nitrogen functional groups attached to an aromatic ring is 1. The fourth-order valence-corrected chi connectivity index (χ4v) is 4.33. The lowest BCUT2D eigenvalue weighted by atomic mass is 9.96. The second kappa shape index (κ2) is 6.53. The molecule has 1 aromatic heterocycles. The van der Waals surface area contributed by atoms with Crippen LogP contribution in [-0.4, -0.2) is 5.11 Å². The van der Waals surface area contributed by atoms with Crippen molar-refractivity contribution in [1.82, 2.24) is 0 Å². The highest BCUT2D eigenvalue weighted by atomic mass is 32.1. The van der Waals surface area contributed by atoms with Crippen LogP contribution >= 0.6 is 11.3 Å². The first-order valence-corrected chi connectivity index (χ1v) is 9.05. The molecule has 0 saturated carbocycles. The lowest BCUT2D eigenvalue weighted by Gasteiger charge is -2.13. The zero-order valence-corrected chi connectivity index (χ0v) is 15.0. The van der Waals surface area contributed by atoms with Gasteiger partial charge in [-0.15, -0.1) is 11.3 Å². The third-order valence-electron chi connectivity index (χ3n) is 4.48. The van der Waals surface area contributed by atoms with E-state index in [0.29, 0.717) is 10.9 Å². The van der Waals surface area contributed by atoms with Gasteiger partial charge in [0.05, 0.1) is 21.0 Å². The number of fused-ring (bicyclic) bond motifs is 1. The van der Waals surface area contributed by atoms with Crippen LogP contribution in [0.2, 0.25) is 0 Å². The van der Waals surface area contributed by atoms with Crippen LogP contribution in [0.25, 0.3) is 32.3 Å². The zero-order chi connectivity index (χ0) is 20.1. The Labute approximate surface area is 161 Å². The molecule has 0 aliphatic carbocycles. The van der Waals surface area contributed by atoms with Gasteiger partial charge >= 0.3 is 6.18 Å². The molecule has 3 N–H and O–H groups in total. The zero-order valence-electron chi connectivity index (χ0n) is 14.2. The van der Waals surface area contributed by atoms with Crippen LogP contribution in [0.3, 0.4) is 0 Å². The van der Waals surface area contributed by atoms with Gasteiger partial charge in [0.15, 0.2) is 0 Å². The number of nitrogens with two attached hydrogens (primary N) is 1. The number of hydrogen-bond acceptors (Lipinski definition) is 3. The monoisotopic (exact) mass is 403 g/mol. The second-order valence-electron chi connectivity index (χ2n) is 6.24. The van der Waals surface area contributed by atoms with Crippen LogP contribution in [0.1, 0.15) is 5.56 Å². The van der Waals surface area contributed by atoms with Gasteiger partial charge in [-0.1, -0.05) is 42.5 Å². The molecule has 28 heavy (non-hydrogen) atoms. The van der Waals surface area contributed by atoms with Crippen LogP contribution in [-0.2, 0) is 6.18 Å². The summed E-state index contributed by atoms with van der Waals surface area (Å²) in [6, 6.07) is 14.2. The first-order chi connectivity index (χ1) is 13.3. The summed E-state index contributed by atoms with van der Waals surface area (Å²) >= 11 is 0.967. The van der Waals surface area contributed by atoms with E-state index in [1.807, 2.05) is 0 Å².